The Morgan fingerprint density at radius 2 is 2.15 bits per heavy atom. The molecule has 2 saturated heterocycles. The Bertz CT molecular complexity index is 717. The van der Waals surface area contributed by atoms with Crippen LogP contribution in [0.4, 0.5) is 21.0 Å². The number of ether oxygens (including phenoxy) is 1. The van der Waals surface area contributed by atoms with Crippen LogP contribution in [0, 0.1) is 0 Å². The number of urea groups is 2. The Labute approximate surface area is 159 Å². The molecule has 8 heteroatoms. The molecule has 1 N–H and O–H groups in total. The molecule has 27 heavy (non-hydrogen) atoms. The molecular weight excluding hydrogens is 348 g/mol. The van der Waals surface area contributed by atoms with Gasteiger partial charge in [0.2, 0.25) is 0 Å². The van der Waals surface area contributed by atoms with Gasteiger partial charge in [-0.2, -0.15) is 0 Å². The smallest absolute Gasteiger partial charge is 0.331 e. The van der Waals surface area contributed by atoms with Crippen LogP contribution in [0.1, 0.15) is 25.7 Å². The molecule has 1 atom stereocenters. The number of benzene rings is 1. The van der Waals surface area contributed by atoms with Gasteiger partial charge in [-0.05, 0) is 43.9 Å². The maximum Gasteiger partial charge on any atom is 0.331 e. The Morgan fingerprint density at radius 1 is 1.33 bits per heavy atom. The van der Waals surface area contributed by atoms with Crippen LogP contribution in [0.3, 0.4) is 0 Å². The summed E-state index contributed by atoms with van der Waals surface area (Å²) in [5, 5.41) is 2.82. The predicted molar refractivity (Wildman–Crippen MR) is 102 cm³/mol. The molecule has 0 saturated carbocycles. The van der Waals surface area contributed by atoms with Crippen molar-refractivity contribution in [1.29, 1.82) is 0 Å². The number of carbonyl (C=O) groups is 3. The molecule has 3 rings (SSSR count). The fraction of sp³-hybridized carbons (Fsp3) is 0.526. The van der Waals surface area contributed by atoms with Gasteiger partial charge in [-0.25, -0.2) is 14.5 Å². The fourth-order valence-corrected chi connectivity index (χ4v) is 3.29. The first-order chi connectivity index (χ1) is 13.0. The number of imide groups is 1. The fourth-order valence-electron chi connectivity index (χ4n) is 3.29. The molecule has 1 aromatic rings. The Balaban J connectivity index is 1.57. The summed E-state index contributed by atoms with van der Waals surface area (Å²) < 4.78 is 5.70. The van der Waals surface area contributed by atoms with Crippen LogP contribution >= 0.6 is 0 Å². The van der Waals surface area contributed by atoms with Crippen molar-refractivity contribution < 1.29 is 19.1 Å². The molecular formula is C19H26N4O4. The van der Waals surface area contributed by atoms with E-state index >= 15 is 0 Å². The van der Waals surface area contributed by atoms with Crippen LogP contribution in [-0.2, 0) is 9.53 Å². The second-order valence-corrected chi connectivity index (χ2v) is 7.05. The van der Waals surface area contributed by atoms with Gasteiger partial charge in [0.1, 0.15) is 6.54 Å². The molecule has 2 aliphatic rings. The molecule has 2 aliphatic heterocycles. The molecule has 0 aliphatic carbocycles. The zero-order valence-corrected chi connectivity index (χ0v) is 15.8. The van der Waals surface area contributed by atoms with Gasteiger partial charge in [0.05, 0.1) is 11.8 Å². The topological polar surface area (TPSA) is 82.2 Å². The van der Waals surface area contributed by atoms with Gasteiger partial charge >= 0.3 is 12.1 Å². The number of nitrogens with one attached hydrogen (secondary N) is 1. The maximum absolute atomic E-state index is 12.4. The van der Waals surface area contributed by atoms with Crippen LogP contribution < -0.4 is 10.2 Å². The van der Waals surface area contributed by atoms with Gasteiger partial charge in [-0.1, -0.05) is 6.07 Å². The monoisotopic (exact) mass is 374 g/mol. The normalized spacial score (nSPS) is 20.1. The summed E-state index contributed by atoms with van der Waals surface area (Å²) in [4.78, 5) is 40.7. The highest BCUT2D eigenvalue weighted by atomic mass is 16.5. The highest BCUT2D eigenvalue weighted by Gasteiger charge is 2.34. The van der Waals surface area contributed by atoms with E-state index < -0.39 is 0 Å². The van der Waals surface area contributed by atoms with E-state index in [2.05, 4.69) is 5.32 Å². The number of rotatable bonds is 5. The highest BCUT2D eigenvalue weighted by molar-refractivity contribution is 6.19. The minimum Gasteiger partial charge on any atom is -0.378 e. The summed E-state index contributed by atoms with van der Waals surface area (Å²) >= 11 is 0. The van der Waals surface area contributed by atoms with Crippen LogP contribution in [-0.4, -0.2) is 67.7 Å². The van der Waals surface area contributed by atoms with E-state index in [4.69, 9.17) is 4.74 Å². The van der Waals surface area contributed by atoms with E-state index in [1.807, 2.05) is 0 Å². The molecule has 2 heterocycles. The van der Waals surface area contributed by atoms with Crippen molar-refractivity contribution in [3.05, 3.63) is 24.3 Å². The summed E-state index contributed by atoms with van der Waals surface area (Å²) in [5.74, 6) is -0.282. The van der Waals surface area contributed by atoms with Gasteiger partial charge < -0.3 is 19.9 Å². The molecule has 0 radical (unpaired) electrons. The molecule has 0 unspecified atom stereocenters. The lowest BCUT2D eigenvalue weighted by atomic mass is 10.1. The molecule has 1 aromatic carbocycles. The molecule has 0 spiro atoms. The van der Waals surface area contributed by atoms with E-state index in [0.29, 0.717) is 17.9 Å². The summed E-state index contributed by atoms with van der Waals surface area (Å²) in [6.45, 7) is 1.46. The summed E-state index contributed by atoms with van der Waals surface area (Å²) in [6, 6.07) is 6.14. The lowest BCUT2D eigenvalue weighted by Gasteiger charge is -2.25. The first kappa shape index (κ1) is 19.2. The average Bonchev–Trinajstić information content (AvgIpc) is 2.92. The standard InChI is InChI=1S/C19H26N4O4/c1-21(10-9-16-8-3-4-11-27-16)18(25)20-14-6-5-7-15(12-14)23-17(24)13-22(2)19(23)26/h5-7,12,16H,3-4,8-11,13H2,1-2H3,(H,20,25)/t16-/m1/s1. The third kappa shape index (κ3) is 4.57. The molecule has 146 valence electrons. The van der Waals surface area contributed by atoms with Crippen molar-refractivity contribution in [2.45, 2.75) is 31.8 Å². The number of carbonyl (C=O) groups excluding carboxylic acids is 3. The first-order valence-electron chi connectivity index (χ1n) is 9.27. The van der Waals surface area contributed by atoms with Crippen molar-refractivity contribution >= 4 is 29.3 Å². The second-order valence-electron chi connectivity index (χ2n) is 7.05. The quantitative estimate of drug-likeness (QED) is 0.803. The Hall–Kier alpha value is -2.61. The van der Waals surface area contributed by atoms with Crippen LogP contribution in [0.5, 0.6) is 0 Å². The van der Waals surface area contributed by atoms with Crippen molar-refractivity contribution in [3.8, 4) is 0 Å². The first-order valence-corrected chi connectivity index (χ1v) is 9.27. The van der Waals surface area contributed by atoms with Gasteiger partial charge in [0.25, 0.3) is 5.91 Å². The summed E-state index contributed by atoms with van der Waals surface area (Å²) in [7, 11) is 3.32. The van der Waals surface area contributed by atoms with Crippen molar-refractivity contribution in [2.24, 2.45) is 0 Å². The maximum atomic E-state index is 12.4. The third-order valence-electron chi connectivity index (χ3n) is 4.90. The minimum absolute atomic E-state index is 0.0569. The van der Waals surface area contributed by atoms with E-state index in [1.165, 1.54) is 11.3 Å². The third-order valence-corrected chi connectivity index (χ3v) is 4.90. The average molecular weight is 374 g/mol. The van der Waals surface area contributed by atoms with E-state index in [9.17, 15) is 14.4 Å². The Kier molecular flexibility index (Phi) is 5.95. The van der Waals surface area contributed by atoms with E-state index in [-0.39, 0.29) is 30.6 Å². The van der Waals surface area contributed by atoms with E-state index in [0.717, 1.165) is 30.8 Å². The van der Waals surface area contributed by atoms with Gasteiger partial charge in [-0.15, -0.1) is 0 Å². The van der Waals surface area contributed by atoms with Crippen molar-refractivity contribution in [1.82, 2.24) is 9.80 Å². The molecule has 0 bridgehead atoms. The Morgan fingerprint density at radius 3 is 2.81 bits per heavy atom. The molecule has 0 aromatic heterocycles. The van der Waals surface area contributed by atoms with E-state index in [1.54, 1.807) is 43.3 Å². The lowest BCUT2D eigenvalue weighted by molar-refractivity contribution is -0.116. The zero-order chi connectivity index (χ0) is 19.4. The highest BCUT2D eigenvalue weighted by Crippen LogP contribution is 2.24. The number of likely N-dealkylation sites (N-methyl/N-ethyl adjacent to an activating group) is 1. The SMILES string of the molecule is CN(CC[C@H]1CCCCO1)C(=O)Nc1cccc(N2C(=O)CN(C)C2=O)c1. The summed E-state index contributed by atoms with van der Waals surface area (Å²) in [5.41, 5.74) is 0.985. The lowest BCUT2D eigenvalue weighted by Crippen LogP contribution is -2.35. The number of hydrogen-bond acceptors (Lipinski definition) is 4. The largest absolute Gasteiger partial charge is 0.378 e. The number of anilines is 2. The van der Waals surface area contributed by atoms with Crippen LogP contribution in [0.2, 0.25) is 0 Å². The minimum atomic E-state index is -0.368. The second kappa shape index (κ2) is 8.39. The number of amides is 5. The van der Waals surface area contributed by atoms with Crippen LogP contribution in [0.25, 0.3) is 0 Å². The number of nitrogens with zero attached hydrogens (tertiary/aromatic N) is 3. The predicted octanol–water partition coefficient (Wildman–Crippen LogP) is 2.51. The number of hydrogen-bond donors (Lipinski definition) is 1. The molecule has 2 fully saturated rings. The molecule has 8 nitrogen and oxygen atoms in total. The van der Waals surface area contributed by atoms with Gasteiger partial charge in [-0.3, -0.25) is 4.79 Å². The van der Waals surface area contributed by atoms with Crippen molar-refractivity contribution in [2.75, 3.05) is 44.0 Å². The molecule has 5 amide bonds. The van der Waals surface area contributed by atoms with Crippen LogP contribution in [0.15, 0.2) is 24.3 Å². The van der Waals surface area contributed by atoms with Crippen molar-refractivity contribution in [3.63, 3.8) is 0 Å². The van der Waals surface area contributed by atoms with Gasteiger partial charge in [0, 0.05) is 32.9 Å². The summed E-state index contributed by atoms with van der Waals surface area (Å²) in [6.07, 6.45) is 4.37. The van der Waals surface area contributed by atoms with Gasteiger partial charge in [0.15, 0.2) is 0 Å². The zero-order valence-electron chi connectivity index (χ0n) is 15.8.